The fourth-order valence-electron chi connectivity index (χ4n) is 4.01. The number of hydrogen-bond donors (Lipinski definition) is 2. The van der Waals surface area contributed by atoms with Gasteiger partial charge >= 0.3 is 0 Å². The Bertz CT molecular complexity index is 1530. The van der Waals surface area contributed by atoms with Crippen molar-refractivity contribution in [1.82, 2.24) is 9.97 Å². The first-order valence-electron chi connectivity index (χ1n) is 11.6. The van der Waals surface area contributed by atoms with Gasteiger partial charge in [-0.1, -0.05) is 54.1 Å². The van der Waals surface area contributed by atoms with Crippen molar-refractivity contribution in [1.29, 1.82) is 0 Å². The third-order valence-electron chi connectivity index (χ3n) is 5.94. The number of anilines is 3. The predicted molar refractivity (Wildman–Crippen MR) is 143 cm³/mol. The lowest BCUT2D eigenvalue weighted by Crippen LogP contribution is -2.12. The molecule has 0 aliphatic heterocycles. The Morgan fingerprint density at radius 3 is 2.23 bits per heavy atom. The summed E-state index contributed by atoms with van der Waals surface area (Å²) in [6, 6.07) is 29.6. The van der Waals surface area contributed by atoms with Crippen molar-refractivity contribution >= 4 is 34.1 Å². The topological polar surface area (TPSA) is 66.9 Å². The second-order valence-corrected chi connectivity index (χ2v) is 8.76. The maximum absolute atomic E-state index is 12.8. The average molecular weight is 459 g/mol. The lowest BCUT2D eigenvalue weighted by atomic mass is 10.0. The normalized spacial score (nSPS) is 10.8. The predicted octanol–water partition coefficient (Wildman–Crippen LogP) is 7.22. The zero-order valence-corrected chi connectivity index (χ0v) is 20.0. The van der Waals surface area contributed by atoms with Crippen LogP contribution < -0.4 is 10.6 Å². The highest BCUT2D eigenvalue weighted by Gasteiger charge is 2.12. The molecule has 1 heterocycles. The number of benzene rings is 4. The lowest BCUT2D eigenvalue weighted by molar-refractivity contribution is 0.102. The molecule has 0 aliphatic rings. The van der Waals surface area contributed by atoms with Crippen molar-refractivity contribution < 1.29 is 4.79 Å². The number of nitrogens with zero attached hydrogens (tertiary/aromatic N) is 2. The first-order valence-corrected chi connectivity index (χ1v) is 11.6. The summed E-state index contributed by atoms with van der Waals surface area (Å²) in [6.45, 7) is 6.06. The summed E-state index contributed by atoms with van der Waals surface area (Å²) < 4.78 is 0. The number of carbonyl (C=O) groups is 1. The van der Waals surface area contributed by atoms with Crippen molar-refractivity contribution in [3.63, 3.8) is 0 Å². The Hall–Kier alpha value is -4.51. The fourth-order valence-corrected chi connectivity index (χ4v) is 4.01. The van der Waals surface area contributed by atoms with Crippen LogP contribution >= 0.6 is 0 Å². The summed E-state index contributed by atoms with van der Waals surface area (Å²) in [5.41, 5.74) is 8.29. The standard InChI is InChI=1S/C30H26N4O/c1-19-10-16-26-25(17-19)28(22-7-5-4-6-8-22)34-30(33-26)31-24-14-12-23(13-15-24)29(35)32-27-18-20(2)9-11-21(27)3/h4-18H,1-3H3,(H,32,35)(H,31,33,34). The van der Waals surface area contributed by atoms with Crippen molar-refractivity contribution in [3.8, 4) is 11.3 Å². The van der Waals surface area contributed by atoms with Gasteiger partial charge in [-0.15, -0.1) is 0 Å². The molecule has 5 aromatic rings. The van der Waals surface area contributed by atoms with Gasteiger partial charge in [-0.3, -0.25) is 4.79 Å². The van der Waals surface area contributed by atoms with E-state index in [0.717, 1.165) is 50.2 Å². The summed E-state index contributed by atoms with van der Waals surface area (Å²) >= 11 is 0. The molecule has 0 aliphatic carbocycles. The van der Waals surface area contributed by atoms with Crippen molar-refractivity contribution in [2.45, 2.75) is 20.8 Å². The quantitative estimate of drug-likeness (QED) is 0.292. The molecule has 0 bridgehead atoms. The molecule has 1 amide bonds. The number of nitrogens with one attached hydrogen (secondary N) is 2. The molecule has 5 nitrogen and oxygen atoms in total. The highest BCUT2D eigenvalue weighted by molar-refractivity contribution is 6.05. The van der Waals surface area contributed by atoms with Crippen LogP contribution in [0.15, 0.2) is 91.0 Å². The van der Waals surface area contributed by atoms with Crippen molar-refractivity contribution in [2.75, 3.05) is 10.6 Å². The van der Waals surface area contributed by atoms with E-state index in [1.807, 2.05) is 68.4 Å². The number of hydrogen-bond acceptors (Lipinski definition) is 4. The Morgan fingerprint density at radius 2 is 1.46 bits per heavy atom. The number of aromatic nitrogens is 2. The minimum absolute atomic E-state index is 0.145. The van der Waals surface area contributed by atoms with Crippen LogP contribution in [0.2, 0.25) is 0 Å². The smallest absolute Gasteiger partial charge is 0.255 e. The third-order valence-corrected chi connectivity index (χ3v) is 5.94. The monoisotopic (exact) mass is 458 g/mol. The Morgan fingerprint density at radius 1 is 0.743 bits per heavy atom. The van der Waals surface area contributed by atoms with Gasteiger partial charge in [0.05, 0.1) is 11.2 Å². The van der Waals surface area contributed by atoms with Crippen molar-refractivity contribution in [3.05, 3.63) is 113 Å². The zero-order chi connectivity index (χ0) is 24.4. The number of amides is 1. The van der Waals surface area contributed by atoms with Gasteiger partial charge in [-0.2, -0.15) is 0 Å². The van der Waals surface area contributed by atoms with Gasteiger partial charge in [0.15, 0.2) is 0 Å². The van der Waals surface area contributed by atoms with Crippen LogP contribution in [-0.2, 0) is 0 Å². The van der Waals surface area contributed by atoms with E-state index < -0.39 is 0 Å². The molecule has 0 radical (unpaired) electrons. The van der Waals surface area contributed by atoms with E-state index in [9.17, 15) is 4.79 Å². The molecule has 0 saturated carbocycles. The molecular formula is C30H26N4O. The first-order chi connectivity index (χ1) is 17.0. The number of fused-ring (bicyclic) bond motifs is 1. The zero-order valence-electron chi connectivity index (χ0n) is 20.0. The largest absolute Gasteiger partial charge is 0.324 e. The van der Waals surface area contributed by atoms with E-state index >= 15 is 0 Å². The van der Waals surface area contributed by atoms with Gasteiger partial charge < -0.3 is 10.6 Å². The van der Waals surface area contributed by atoms with Crippen LogP contribution in [0.3, 0.4) is 0 Å². The summed E-state index contributed by atoms with van der Waals surface area (Å²) in [5, 5.41) is 7.32. The summed E-state index contributed by atoms with van der Waals surface area (Å²) in [6.07, 6.45) is 0. The Balaban J connectivity index is 1.41. The molecule has 5 heteroatoms. The molecule has 172 valence electrons. The Kier molecular flexibility index (Phi) is 5.98. The van der Waals surface area contributed by atoms with Crippen LogP contribution in [-0.4, -0.2) is 15.9 Å². The summed E-state index contributed by atoms with van der Waals surface area (Å²) in [5.74, 6) is 0.363. The van der Waals surface area contributed by atoms with E-state index in [0.29, 0.717) is 11.5 Å². The van der Waals surface area contributed by atoms with E-state index in [-0.39, 0.29) is 5.91 Å². The number of carbonyl (C=O) groups excluding carboxylic acids is 1. The van der Waals surface area contributed by atoms with Gasteiger partial charge in [0.25, 0.3) is 5.91 Å². The molecule has 1 aromatic heterocycles. The maximum Gasteiger partial charge on any atom is 0.255 e. The van der Waals surface area contributed by atoms with Gasteiger partial charge in [0, 0.05) is 27.9 Å². The second kappa shape index (κ2) is 9.39. The molecule has 5 rings (SSSR count). The summed E-state index contributed by atoms with van der Waals surface area (Å²) in [7, 11) is 0. The SMILES string of the molecule is Cc1ccc(C)c(NC(=O)c2ccc(Nc3nc(-c4ccccc4)c4cc(C)ccc4n3)cc2)c1. The minimum atomic E-state index is -0.145. The molecule has 0 fully saturated rings. The van der Waals surface area contributed by atoms with Crippen LogP contribution in [0, 0.1) is 20.8 Å². The average Bonchev–Trinajstić information content (AvgIpc) is 2.87. The van der Waals surface area contributed by atoms with E-state index in [1.165, 1.54) is 0 Å². The highest BCUT2D eigenvalue weighted by Crippen LogP contribution is 2.29. The molecule has 35 heavy (non-hydrogen) atoms. The maximum atomic E-state index is 12.8. The van der Waals surface area contributed by atoms with Gasteiger partial charge in [-0.05, 0) is 74.4 Å². The van der Waals surface area contributed by atoms with E-state index in [2.05, 4.69) is 41.8 Å². The minimum Gasteiger partial charge on any atom is -0.324 e. The highest BCUT2D eigenvalue weighted by atomic mass is 16.1. The molecule has 0 atom stereocenters. The molecule has 4 aromatic carbocycles. The van der Waals surface area contributed by atoms with E-state index in [4.69, 9.17) is 9.97 Å². The first kappa shape index (κ1) is 22.3. The van der Waals surface area contributed by atoms with Crippen LogP contribution in [0.1, 0.15) is 27.0 Å². The lowest BCUT2D eigenvalue weighted by Gasteiger charge is -2.12. The number of aryl methyl sites for hydroxylation is 3. The van der Waals surface area contributed by atoms with Gasteiger partial charge in [0.2, 0.25) is 5.95 Å². The summed E-state index contributed by atoms with van der Waals surface area (Å²) in [4.78, 5) is 22.3. The van der Waals surface area contributed by atoms with Gasteiger partial charge in [-0.25, -0.2) is 9.97 Å². The fraction of sp³-hybridized carbons (Fsp3) is 0.100. The molecular weight excluding hydrogens is 432 g/mol. The van der Waals surface area contributed by atoms with E-state index in [1.54, 1.807) is 12.1 Å². The second-order valence-electron chi connectivity index (χ2n) is 8.76. The third kappa shape index (κ3) is 4.89. The molecule has 0 unspecified atom stereocenters. The van der Waals surface area contributed by atoms with Crippen molar-refractivity contribution in [2.24, 2.45) is 0 Å². The van der Waals surface area contributed by atoms with Crippen LogP contribution in [0.5, 0.6) is 0 Å². The molecule has 0 saturated heterocycles. The van der Waals surface area contributed by atoms with Gasteiger partial charge in [0.1, 0.15) is 0 Å². The number of rotatable bonds is 5. The van der Waals surface area contributed by atoms with Crippen LogP contribution in [0.4, 0.5) is 17.3 Å². The molecule has 0 spiro atoms. The Labute approximate surface area is 204 Å². The van der Waals surface area contributed by atoms with Crippen LogP contribution in [0.25, 0.3) is 22.2 Å². The molecule has 2 N–H and O–H groups in total.